The summed E-state index contributed by atoms with van der Waals surface area (Å²) in [7, 11) is 0. The smallest absolute Gasteiger partial charge is 0.164 e. The lowest BCUT2D eigenvalue weighted by Crippen LogP contribution is -2.07. The van der Waals surface area contributed by atoms with Gasteiger partial charge in [0.15, 0.2) is 17.5 Å². The van der Waals surface area contributed by atoms with Crippen molar-refractivity contribution in [2.24, 2.45) is 0 Å². The zero-order valence-electron chi connectivity index (χ0n) is 28.6. The molecule has 2 aliphatic rings. The summed E-state index contributed by atoms with van der Waals surface area (Å²) in [6.07, 6.45) is 15.5. The summed E-state index contributed by atoms with van der Waals surface area (Å²) in [5.41, 5.74) is 16.5. The van der Waals surface area contributed by atoms with Crippen LogP contribution in [0.3, 0.4) is 0 Å². The third-order valence-electron chi connectivity index (χ3n) is 10.1. The van der Waals surface area contributed by atoms with Crippen molar-refractivity contribution in [1.82, 2.24) is 19.9 Å². The van der Waals surface area contributed by atoms with Gasteiger partial charge in [0.25, 0.3) is 0 Å². The summed E-state index contributed by atoms with van der Waals surface area (Å²) < 4.78 is 0. The molecule has 9 rings (SSSR count). The van der Waals surface area contributed by atoms with E-state index in [0.717, 1.165) is 75.9 Å². The number of aromatic nitrogens is 4. The van der Waals surface area contributed by atoms with Crippen molar-refractivity contribution in [1.29, 1.82) is 0 Å². The van der Waals surface area contributed by atoms with E-state index in [1.165, 1.54) is 27.8 Å². The Labute approximate surface area is 299 Å². The molecule has 0 atom stereocenters. The number of benzene rings is 5. The van der Waals surface area contributed by atoms with E-state index in [2.05, 4.69) is 115 Å². The summed E-state index contributed by atoms with van der Waals surface area (Å²) >= 11 is 0. The van der Waals surface area contributed by atoms with E-state index in [4.69, 9.17) is 15.0 Å². The van der Waals surface area contributed by atoms with Gasteiger partial charge in [-0.05, 0) is 113 Å². The topological polar surface area (TPSA) is 51.6 Å². The number of allylic oxidation sites excluding steroid dienone is 2. The van der Waals surface area contributed by atoms with Crippen molar-refractivity contribution in [3.8, 4) is 67.5 Å². The van der Waals surface area contributed by atoms with E-state index in [-0.39, 0.29) is 0 Å². The van der Waals surface area contributed by atoms with Gasteiger partial charge in [-0.25, -0.2) is 15.0 Å². The molecule has 2 heterocycles. The average Bonchev–Trinajstić information content (AvgIpc) is 3.21. The molecule has 4 nitrogen and oxygen atoms in total. The first-order valence-corrected chi connectivity index (χ1v) is 17.7. The molecular weight excluding hydrogens is 621 g/mol. The van der Waals surface area contributed by atoms with Crippen molar-refractivity contribution >= 4 is 12.2 Å². The number of aryl methyl sites for hydroxylation is 1. The van der Waals surface area contributed by atoms with Gasteiger partial charge in [0.2, 0.25) is 0 Å². The van der Waals surface area contributed by atoms with Crippen molar-refractivity contribution in [2.45, 2.75) is 32.6 Å². The number of fused-ring (bicyclic) bond motifs is 3. The number of hydrogen-bond acceptors (Lipinski definition) is 4. The summed E-state index contributed by atoms with van der Waals surface area (Å²) in [5, 5.41) is 0. The van der Waals surface area contributed by atoms with Gasteiger partial charge in [0.05, 0.1) is 0 Å². The molecule has 0 saturated heterocycles. The van der Waals surface area contributed by atoms with Gasteiger partial charge in [0, 0.05) is 34.1 Å². The second-order valence-corrected chi connectivity index (χ2v) is 13.3. The maximum Gasteiger partial charge on any atom is 0.164 e. The minimum atomic E-state index is 0.649. The van der Waals surface area contributed by atoms with E-state index in [0.29, 0.717) is 17.5 Å². The van der Waals surface area contributed by atoms with Crippen LogP contribution in [0.25, 0.3) is 79.7 Å². The molecule has 0 spiro atoms. The standard InChI is InChI=1S/C47H36N4/c1-31-40(21-12-26-48-31)33-24-22-32(23-25-33)37-27-38(44-30-36-17-8-9-18-41(36)42-19-10-11-20-43(42)44)29-39(28-37)47-50-45(34-13-4-2-5-14-34)49-46(51-47)35-15-6-3-7-16-35/h2-8,11-17,20-30H,9-10,18-19H2,1H3. The maximum atomic E-state index is 5.14. The molecule has 4 heteroatoms. The highest BCUT2D eigenvalue weighted by Gasteiger charge is 2.21. The Hall–Kier alpha value is -6.26. The molecule has 51 heavy (non-hydrogen) atoms. The van der Waals surface area contributed by atoms with Crippen LogP contribution in [0.4, 0.5) is 0 Å². The van der Waals surface area contributed by atoms with Crippen molar-refractivity contribution in [2.75, 3.05) is 0 Å². The van der Waals surface area contributed by atoms with Crippen LogP contribution < -0.4 is 0 Å². The van der Waals surface area contributed by atoms with Crippen LogP contribution in [0.5, 0.6) is 0 Å². The average molecular weight is 657 g/mol. The highest BCUT2D eigenvalue weighted by Crippen LogP contribution is 2.41. The van der Waals surface area contributed by atoms with Gasteiger partial charge in [-0.15, -0.1) is 0 Å². The van der Waals surface area contributed by atoms with Gasteiger partial charge < -0.3 is 0 Å². The van der Waals surface area contributed by atoms with E-state index < -0.39 is 0 Å². The van der Waals surface area contributed by atoms with Crippen molar-refractivity contribution in [3.05, 3.63) is 168 Å². The largest absolute Gasteiger partial charge is 0.261 e. The molecule has 2 aliphatic carbocycles. The fraction of sp³-hybridized carbons (Fsp3) is 0.106. The molecule has 7 aromatic rings. The number of hydrogen-bond donors (Lipinski definition) is 0. The Kier molecular flexibility index (Phi) is 7.98. The Bertz CT molecular complexity index is 2400. The lowest BCUT2D eigenvalue weighted by Gasteiger charge is -2.24. The first kappa shape index (κ1) is 30.8. The lowest BCUT2D eigenvalue weighted by atomic mass is 9.80. The van der Waals surface area contributed by atoms with Crippen LogP contribution in [-0.4, -0.2) is 19.9 Å². The van der Waals surface area contributed by atoms with Gasteiger partial charge in [0.1, 0.15) is 0 Å². The van der Waals surface area contributed by atoms with Gasteiger partial charge in [-0.3, -0.25) is 4.98 Å². The van der Waals surface area contributed by atoms with Crippen LogP contribution >= 0.6 is 0 Å². The molecule has 2 aromatic heterocycles. The highest BCUT2D eigenvalue weighted by atomic mass is 15.0. The lowest BCUT2D eigenvalue weighted by molar-refractivity contribution is 0.906. The van der Waals surface area contributed by atoms with Crippen molar-refractivity contribution < 1.29 is 0 Å². The number of nitrogens with zero attached hydrogens (tertiary/aromatic N) is 4. The third-order valence-corrected chi connectivity index (χ3v) is 10.1. The Morgan fingerprint density at radius 1 is 0.451 bits per heavy atom. The van der Waals surface area contributed by atoms with E-state index in [1.807, 2.05) is 48.7 Å². The second-order valence-electron chi connectivity index (χ2n) is 13.3. The quantitative estimate of drug-likeness (QED) is 0.179. The maximum absolute atomic E-state index is 5.14. The molecular formula is C47H36N4. The first-order valence-electron chi connectivity index (χ1n) is 17.7. The van der Waals surface area contributed by atoms with Crippen LogP contribution in [0.15, 0.2) is 140 Å². The van der Waals surface area contributed by atoms with Gasteiger partial charge >= 0.3 is 0 Å². The zero-order valence-corrected chi connectivity index (χ0v) is 28.6. The van der Waals surface area contributed by atoms with Gasteiger partial charge in [-0.2, -0.15) is 0 Å². The molecule has 0 N–H and O–H groups in total. The number of rotatable bonds is 6. The minimum Gasteiger partial charge on any atom is -0.261 e. The van der Waals surface area contributed by atoms with E-state index >= 15 is 0 Å². The Morgan fingerprint density at radius 2 is 1.04 bits per heavy atom. The predicted octanol–water partition coefficient (Wildman–Crippen LogP) is 11.5. The molecule has 5 aromatic carbocycles. The predicted molar refractivity (Wildman–Crippen MR) is 210 cm³/mol. The monoisotopic (exact) mass is 656 g/mol. The Balaban J connectivity index is 1.26. The van der Waals surface area contributed by atoms with Crippen LogP contribution in [0, 0.1) is 6.92 Å². The highest BCUT2D eigenvalue weighted by molar-refractivity contribution is 5.87. The molecule has 0 amide bonds. The molecule has 244 valence electrons. The summed E-state index contributed by atoms with van der Waals surface area (Å²) in [5.74, 6) is 1.96. The molecule has 0 saturated carbocycles. The van der Waals surface area contributed by atoms with Crippen LogP contribution in [0.1, 0.15) is 40.8 Å². The second kappa shape index (κ2) is 13.2. The van der Waals surface area contributed by atoms with Gasteiger partial charge in [-0.1, -0.05) is 115 Å². The SMILES string of the molecule is Cc1ncccc1-c1ccc(-c2cc(-c3nc(-c4ccccc4)nc(-c4ccccc4)n3)cc(-c3cc4c(c5c3C=CCC5)CCC=C4)c2)cc1. The molecule has 0 radical (unpaired) electrons. The number of pyridine rings is 1. The van der Waals surface area contributed by atoms with E-state index in [9.17, 15) is 0 Å². The van der Waals surface area contributed by atoms with Crippen LogP contribution in [-0.2, 0) is 12.8 Å². The molecule has 0 unspecified atom stereocenters. The van der Waals surface area contributed by atoms with E-state index in [1.54, 1.807) is 0 Å². The Morgan fingerprint density at radius 3 is 1.73 bits per heavy atom. The molecule has 0 bridgehead atoms. The normalized spacial score (nSPS) is 13.1. The fourth-order valence-corrected chi connectivity index (χ4v) is 7.49. The molecule has 0 aliphatic heterocycles. The van der Waals surface area contributed by atoms with Crippen LogP contribution in [0.2, 0.25) is 0 Å². The summed E-state index contributed by atoms with van der Waals surface area (Å²) in [6, 6.07) is 42.6. The summed E-state index contributed by atoms with van der Waals surface area (Å²) in [6.45, 7) is 2.06. The fourth-order valence-electron chi connectivity index (χ4n) is 7.49. The van der Waals surface area contributed by atoms with Crippen molar-refractivity contribution in [3.63, 3.8) is 0 Å². The minimum absolute atomic E-state index is 0.649. The summed E-state index contributed by atoms with van der Waals surface area (Å²) in [4.78, 5) is 19.8. The first-order chi connectivity index (χ1) is 25.2. The molecule has 0 fully saturated rings. The third kappa shape index (κ3) is 6.00. The zero-order chi connectivity index (χ0) is 34.1.